The van der Waals surface area contributed by atoms with Gasteiger partial charge in [-0.25, -0.2) is 4.98 Å². The number of rotatable bonds is 4. The fraction of sp³-hybridized carbons (Fsp3) is 0.688. The van der Waals surface area contributed by atoms with Crippen molar-refractivity contribution >= 4 is 27.7 Å². The highest BCUT2D eigenvalue weighted by atomic mass is 79.9. The molecule has 20 heavy (non-hydrogen) atoms. The molecule has 112 valence electrons. The second kappa shape index (κ2) is 6.80. The predicted molar refractivity (Wildman–Crippen MR) is 91.0 cm³/mol. The maximum absolute atomic E-state index is 6.36. The molecule has 3 atom stereocenters. The largest absolute Gasteiger partial charge is 0.327 e. The summed E-state index contributed by atoms with van der Waals surface area (Å²) in [5.74, 6) is 0.771. The Kier molecular flexibility index (Phi) is 5.55. The van der Waals surface area contributed by atoms with Crippen LogP contribution in [-0.2, 0) is 0 Å². The quantitative estimate of drug-likeness (QED) is 0.836. The zero-order chi connectivity index (χ0) is 14.8. The fourth-order valence-electron chi connectivity index (χ4n) is 2.89. The van der Waals surface area contributed by atoms with Gasteiger partial charge in [0.05, 0.1) is 0 Å². The van der Waals surface area contributed by atoms with E-state index >= 15 is 0 Å². The van der Waals surface area contributed by atoms with Crippen molar-refractivity contribution < 1.29 is 0 Å². The molecule has 1 aliphatic carbocycles. The first-order valence-electron chi connectivity index (χ1n) is 7.46. The molecule has 1 aliphatic rings. The molecule has 4 heteroatoms. The summed E-state index contributed by atoms with van der Waals surface area (Å²) in [6.45, 7) is 7.09. The Bertz CT molecular complexity index is 450. The van der Waals surface area contributed by atoms with E-state index in [9.17, 15) is 0 Å². The molecule has 2 nitrogen and oxygen atoms in total. The number of hydrogen-bond acceptors (Lipinski definition) is 3. The lowest BCUT2D eigenvalue weighted by molar-refractivity contribution is 0.148. The summed E-state index contributed by atoms with van der Waals surface area (Å²) >= 11 is 5.43. The van der Waals surface area contributed by atoms with Crippen LogP contribution in [-0.4, -0.2) is 16.3 Å². The van der Waals surface area contributed by atoms with Crippen molar-refractivity contribution in [2.75, 3.05) is 0 Å². The molecule has 3 unspecified atom stereocenters. The molecule has 0 bridgehead atoms. The van der Waals surface area contributed by atoms with Gasteiger partial charge in [-0.3, -0.25) is 0 Å². The van der Waals surface area contributed by atoms with Crippen molar-refractivity contribution in [1.82, 2.24) is 4.98 Å². The molecule has 0 amide bonds. The molecule has 0 radical (unpaired) electrons. The Morgan fingerprint density at radius 2 is 2.20 bits per heavy atom. The first kappa shape index (κ1) is 16.3. The summed E-state index contributed by atoms with van der Waals surface area (Å²) in [4.78, 5) is 4.47. The van der Waals surface area contributed by atoms with Crippen molar-refractivity contribution in [2.24, 2.45) is 17.1 Å². The Balaban J connectivity index is 2.08. The van der Waals surface area contributed by atoms with Crippen LogP contribution >= 0.6 is 27.7 Å². The van der Waals surface area contributed by atoms with E-state index in [1.54, 1.807) is 0 Å². The lowest BCUT2D eigenvalue weighted by atomic mass is 9.69. The molecule has 0 spiro atoms. The Morgan fingerprint density at radius 3 is 2.85 bits per heavy atom. The predicted octanol–water partition coefficient (Wildman–Crippen LogP) is 4.87. The molecule has 0 saturated heterocycles. The number of pyridine rings is 1. The van der Waals surface area contributed by atoms with E-state index in [1.165, 1.54) is 19.3 Å². The van der Waals surface area contributed by atoms with Gasteiger partial charge in [0, 0.05) is 22.0 Å². The van der Waals surface area contributed by atoms with Crippen molar-refractivity contribution in [2.45, 2.75) is 62.8 Å². The number of aromatic nitrogens is 1. The van der Waals surface area contributed by atoms with Crippen LogP contribution in [0.3, 0.4) is 0 Å². The first-order chi connectivity index (χ1) is 9.44. The van der Waals surface area contributed by atoms with Crippen LogP contribution in [0.5, 0.6) is 0 Å². The second-order valence-electron chi connectivity index (χ2n) is 6.46. The number of halogens is 1. The SMILES string of the molecule is CCC(C)(C)C1CCC(N)C(Sc2ncccc2Br)C1. The molecular formula is C16H25BrN2S. The van der Waals surface area contributed by atoms with E-state index in [-0.39, 0.29) is 6.04 Å². The van der Waals surface area contributed by atoms with Crippen LogP contribution in [0.15, 0.2) is 27.8 Å². The number of nitrogens with two attached hydrogens (primary N) is 1. The number of hydrogen-bond donors (Lipinski definition) is 1. The summed E-state index contributed by atoms with van der Waals surface area (Å²) in [5, 5.41) is 1.55. The lowest BCUT2D eigenvalue weighted by Gasteiger charge is -2.41. The molecule has 0 aromatic carbocycles. The molecule has 1 aromatic rings. The highest BCUT2D eigenvalue weighted by molar-refractivity contribution is 9.10. The van der Waals surface area contributed by atoms with Crippen LogP contribution in [0.25, 0.3) is 0 Å². The van der Waals surface area contributed by atoms with Crippen molar-refractivity contribution in [3.63, 3.8) is 0 Å². The fourth-order valence-corrected chi connectivity index (χ4v) is 4.65. The van der Waals surface area contributed by atoms with Crippen molar-refractivity contribution in [3.05, 3.63) is 22.8 Å². The summed E-state index contributed by atoms with van der Waals surface area (Å²) < 4.78 is 1.08. The van der Waals surface area contributed by atoms with Gasteiger partial charge in [0.15, 0.2) is 0 Å². The van der Waals surface area contributed by atoms with Gasteiger partial charge in [-0.05, 0) is 58.7 Å². The molecule has 2 N–H and O–H groups in total. The molecule has 1 heterocycles. The Labute approximate surface area is 135 Å². The summed E-state index contributed by atoms with van der Waals surface area (Å²) in [6, 6.07) is 4.30. The third-order valence-electron chi connectivity index (χ3n) is 4.85. The molecular weight excluding hydrogens is 332 g/mol. The first-order valence-corrected chi connectivity index (χ1v) is 9.14. The summed E-state index contributed by atoms with van der Waals surface area (Å²) in [5.41, 5.74) is 6.78. The van der Waals surface area contributed by atoms with Gasteiger partial charge in [-0.2, -0.15) is 0 Å². The second-order valence-corrected chi connectivity index (χ2v) is 8.54. The summed E-state index contributed by atoms with van der Waals surface area (Å²) in [6.07, 6.45) is 6.70. The zero-order valence-electron chi connectivity index (χ0n) is 12.6. The molecule has 1 aromatic heterocycles. The van der Waals surface area contributed by atoms with Crippen molar-refractivity contribution in [1.29, 1.82) is 0 Å². The molecule has 2 rings (SSSR count). The monoisotopic (exact) mass is 356 g/mol. The third kappa shape index (κ3) is 3.77. The average molecular weight is 357 g/mol. The highest BCUT2D eigenvalue weighted by Crippen LogP contribution is 2.44. The maximum atomic E-state index is 6.36. The van der Waals surface area contributed by atoms with Crippen LogP contribution in [0.4, 0.5) is 0 Å². The number of thioether (sulfide) groups is 1. The van der Waals surface area contributed by atoms with Crippen molar-refractivity contribution in [3.8, 4) is 0 Å². The Morgan fingerprint density at radius 1 is 1.45 bits per heavy atom. The van der Waals surface area contributed by atoms with Gasteiger partial charge in [0.25, 0.3) is 0 Å². The van der Waals surface area contributed by atoms with Gasteiger partial charge in [0.2, 0.25) is 0 Å². The van der Waals surface area contributed by atoms with Crippen LogP contribution in [0.2, 0.25) is 0 Å². The van der Waals surface area contributed by atoms with E-state index in [2.05, 4.69) is 47.8 Å². The minimum Gasteiger partial charge on any atom is -0.327 e. The average Bonchev–Trinajstić information content (AvgIpc) is 2.43. The number of nitrogens with zero attached hydrogens (tertiary/aromatic N) is 1. The maximum Gasteiger partial charge on any atom is 0.110 e. The Hall–Kier alpha value is -0.0600. The lowest BCUT2D eigenvalue weighted by Crippen LogP contribution is -2.42. The van der Waals surface area contributed by atoms with E-state index in [1.807, 2.05) is 24.0 Å². The van der Waals surface area contributed by atoms with E-state index in [0.717, 1.165) is 21.8 Å². The van der Waals surface area contributed by atoms with E-state index in [0.29, 0.717) is 10.7 Å². The normalized spacial score (nSPS) is 27.6. The molecule has 1 saturated carbocycles. The van der Waals surface area contributed by atoms with E-state index in [4.69, 9.17) is 5.73 Å². The third-order valence-corrected chi connectivity index (χ3v) is 7.14. The van der Waals surface area contributed by atoms with Crippen LogP contribution in [0.1, 0.15) is 46.5 Å². The van der Waals surface area contributed by atoms with Gasteiger partial charge < -0.3 is 5.73 Å². The van der Waals surface area contributed by atoms with E-state index < -0.39 is 0 Å². The standard InChI is InChI=1S/C16H25BrN2S/c1-4-16(2,3)11-7-8-13(18)14(10-11)20-15-12(17)6-5-9-19-15/h5-6,9,11,13-14H,4,7-8,10,18H2,1-3H3. The van der Waals surface area contributed by atoms with Gasteiger partial charge >= 0.3 is 0 Å². The zero-order valence-corrected chi connectivity index (χ0v) is 15.0. The van der Waals surface area contributed by atoms with Gasteiger partial charge in [0.1, 0.15) is 5.03 Å². The minimum absolute atomic E-state index is 0.290. The molecule has 1 fully saturated rings. The van der Waals surface area contributed by atoms with Gasteiger partial charge in [-0.15, -0.1) is 11.8 Å². The highest BCUT2D eigenvalue weighted by Gasteiger charge is 2.36. The summed E-state index contributed by atoms with van der Waals surface area (Å²) in [7, 11) is 0. The topological polar surface area (TPSA) is 38.9 Å². The smallest absolute Gasteiger partial charge is 0.110 e. The van der Waals surface area contributed by atoms with Crippen LogP contribution < -0.4 is 5.73 Å². The minimum atomic E-state index is 0.290. The molecule has 0 aliphatic heterocycles. The van der Waals surface area contributed by atoms with Crippen LogP contribution in [0, 0.1) is 11.3 Å². The van der Waals surface area contributed by atoms with Gasteiger partial charge in [-0.1, -0.05) is 27.2 Å².